The van der Waals surface area contributed by atoms with Gasteiger partial charge in [0.05, 0.1) is 19.6 Å². The van der Waals surface area contributed by atoms with Crippen molar-refractivity contribution in [2.75, 3.05) is 32.8 Å². The molecule has 11 nitrogen and oxygen atoms in total. The molecule has 1 rings (SSSR count). The van der Waals surface area contributed by atoms with Gasteiger partial charge in [0.2, 0.25) is 12.3 Å². The highest BCUT2D eigenvalue weighted by molar-refractivity contribution is 7.87. The summed E-state index contributed by atoms with van der Waals surface area (Å²) in [5.41, 5.74) is 0. The molecule has 0 aliphatic rings. The molecule has 1 N–H and O–H groups in total. The lowest BCUT2D eigenvalue weighted by atomic mass is 10.4. The third-order valence-corrected chi connectivity index (χ3v) is 6.71. The molecule has 0 aromatic heterocycles. The molecule has 0 amide bonds. The number of esters is 2. The van der Waals surface area contributed by atoms with Crippen LogP contribution in [0.4, 0.5) is 26.3 Å². The van der Waals surface area contributed by atoms with Gasteiger partial charge in [-0.3, -0.25) is 9.59 Å². The maximum atomic E-state index is 12.4. The molecule has 2 unspecified atom stereocenters. The minimum absolute atomic E-state index is 0.816. The van der Waals surface area contributed by atoms with E-state index in [1.165, 1.54) is 19.6 Å². The van der Waals surface area contributed by atoms with Crippen LogP contribution in [0, 0.1) is 0 Å². The Kier molecular flexibility index (Phi) is 21.9. The van der Waals surface area contributed by atoms with Gasteiger partial charge >= 0.3 is 22.4 Å². The van der Waals surface area contributed by atoms with Crippen LogP contribution in [-0.2, 0) is 51.9 Å². The number of nitrogens with one attached hydrogen (secondary N) is 1. The summed E-state index contributed by atoms with van der Waals surface area (Å²) in [7, 11) is -12.2. The van der Waals surface area contributed by atoms with Crippen LogP contribution in [0.5, 0.6) is 0 Å². The van der Waals surface area contributed by atoms with Crippen molar-refractivity contribution in [3.63, 3.8) is 0 Å². The van der Waals surface area contributed by atoms with Gasteiger partial charge < -0.3 is 23.5 Å². The summed E-state index contributed by atoms with van der Waals surface area (Å²) in [5, 5.41) is -10.2. The summed E-state index contributed by atoms with van der Waals surface area (Å²) in [6, 6.07) is 9.96. The number of quaternary nitrogens is 1. The van der Waals surface area contributed by atoms with E-state index in [1.54, 1.807) is 4.90 Å². The van der Waals surface area contributed by atoms with E-state index in [9.17, 15) is 61.9 Å². The highest BCUT2D eigenvalue weighted by Crippen LogP contribution is 2.28. The zero-order valence-corrected chi connectivity index (χ0v) is 25.9. The SMILES string of the molecule is CC(=O)OCC(F)C(F)(F)S(=O)(=O)[O-].CC(=O)OCC(F)C(F)(F)S(=O)(=O)[O-].CC[NH+](CC)CC.[SH2+]c1ccccc1. The summed E-state index contributed by atoms with van der Waals surface area (Å²) in [6.45, 7) is 9.15. The first-order valence-electron chi connectivity index (χ1n) is 11.7. The summed E-state index contributed by atoms with van der Waals surface area (Å²) in [6.07, 6.45) is -6.73. The van der Waals surface area contributed by atoms with E-state index in [0.29, 0.717) is 0 Å². The number of alkyl halides is 6. The van der Waals surface area contributed by atoms with Crippen molar-refractivity contribution in [2.45, 2.75) is 62.4 Å². The van der Waals surface area contributed by atoms with Gasteiger partial charge in [-0.05, 0) is 45.5 Å². The van der Waals surface area contributed by atoms with Crippen molar-refractivity contribution in [1.82, 2.24) is 0 Å². The first kappa shape index (κ1) is 44.3. The van der Waals surface area contributed by atoms with E-state index in [0.717, 1.165) is 18.7 Å². The predicted molar refractivity (Wildman–Crippen MR) is 140 cm³/mol. The number of hydrogen-bond acceptors (Lipinski definition) is 10. The molecular formula is C22H35F6NO10S3. The molecule has 20 heteroatoms. The Hall–Kier alpha value is -2.13. The number of benzene rings is 1. The van der Waals surface area contributed by atoms with Gasteiger partial charge in [0.25, 0.3) is 0 Å². The van der Waals surface area contributed by atoms with Crippen molar-refractivity contribution >= 4 is 44.8 Å². The highest BCUT2D eigenvalue weighted by Gasteiger charge is 2.48. The van der Waals surface area contributed by atoms with E-state index in [-0.39, 0.29) is 0 Å². The summed E-state index contributed by atoms with van der Waals surface area (Å²) in [5.74, 6) is -2.13. The van der Waals surface area contributed by atoms with Crippen LogP contribution < -0.4 is 4.90 Å². The highest BCUT2D eigenvalue weighted by atomic mass is 32.2. The maximum absolute atomic E-state index is 12.4. The normalized spacial score (nSPS) is 13.1. The fourth-order valence-corrected chi connectivity index (χ4v) is 3.03. The molecule has 0 spiro atoms. The first-order chi connectivity index (χ1) is 18.9. The molecule has 0 radical (unpaired) electrons. The fourth-order valence-electron chi connectivity index (χ4n) is 2.08. The molecule has 0 heterocycles. The van der Waals surface area contributed by atoms with Gasteiger partial charge in [0.15, 0.2) is 20.2 Å². The quantitative estimate of drug-likeness (QED) is 0.154. The lowest BCUT2D eigenvalue weighted by Crippen LogP contribution is -3.11. The van der Waals surface area contributed by atoms with Crippen LogP contribution >= 0.6 is 0 Å². The number of halogens is 6. The van der Waals surface area contributed by atoms with E-state index in [1.807, 2.05) is 30.3 Å². The van der Waals surface area contributed by atoms with Gasteiger partial charge in [-0.25, -0.2) is 25.6 Å². The third kappa shape index (κ3) is 19.1. The molecule has 0 fully saturated rings. The molecule has 1 aromatic rings. The Morgan fingerprint density at radius 2 is 1.07 bits per heavy atom. The second-order valence-corrected chi connectivity index (χ2v) is 11.2. The topological polar surface area (TPSA) is 171 Å². The summed E-state index contributed by atoms with van der Waals surface area (Å²) in [4.78, 5) is 22.9. The summed E-state index contributed by atoms with van der Waals surface area (Å²) < 4.78 is 141. The number of hydrogen-bond donors (Lipinski definition) is 1. The molecule has 1 aromatic carbocycles. The average Bonchev–Trinajstić information content (AvgIpc) is 2.87. The number of ether oxygens (including phenoxy) is 2. The van der Waals surface area contributed by atoms with Crippen molar-refractivity contribution in [1.29, 1.82) is 0 Å². The molecule has 0 saturated heterocycles. The van der Waals surface area contributed by atoms with E-state index in [2.05, 4.69) is 42.9 Å². The summed E-state index contributed by atoms with van der Waals surface area (Å²) >= 11 is 3.36. The van der Waals surface area contributed by atoms with Gasteiger partial charge in [0, 0.05) is 13.8 Å². The van der Waals surface area contributed by atoms with Crippen LogP contribution in [-0.4, -0.2) is 93.6 Å². The molecule has 42 heavy (non-hydrogen) atoms. The molecule has 248 valence electrons. The second kappa shape index (κ2) is 20.7. The monoisotopic (exact) mass is 683 g/mol. The Morgan fingerprint density at radius 1 is 0.786 bits per heavy atom. The Labute approximate surface area is 246 Å². The predicted octanol–water partition coefficient (Wildman–Crippen LogP) is 1.04. The minimum atomic E-state index is -6.10. The Morgan fingerprint density at radius 3 is 1.21 bits per heavy atom. The van der Waals surface area contributed by atoms with Crippen LogP contribution in [0.25, 0.3) is 0 Å². The number of carbonyl (C=O) groups excluding carboxylic acids is 2. The molecule has 0 saturated carbocycles. The maximum Gasteiger partial charge on any atom is 0.368 e. The Bertz CT molecular complexity index is 1050. The van der Waals surface area contributed by atoms with Crippen LogP contribution in [0.15, 0.2) is 35.2 Å². The van der Waals surface area contributed by atoms with Gasteiger partial charge in [-0.15, -0.1) is 0 Å². The zero-order chi connectivity index (χ0) is 33.9. The third-order valence-electron chi connectivity index (χ3n) is 4.54. The van der Waals surface area contributed by atoms with E-state index < -0.39 is 68.2 Å². The smallest absolute Gasteiger partial charge is 0.368 e. The van der Waals surface area contributed by atoms with Crippen molar-refractivity contribution in [2.24, 2.45) is 0 Å². The fraction of sp³-hybridized carbons (Fsp3) is 0.636. The average molecular weight is 684 g/mol. The lowest BCUT2D eigenvalue weighted by molar-refractivity contribution is -0.894. The molecular weight excluding hydrogens is 648 g/mol. The van der Waals surface area contributed by atoms with Crippen LogP contribution in [0.3, 0.4) is 0 Å². The molecule has 0 aliphatic heterocycles. The van der Waals surface area contributed by atoms with Crippen molar-refractivity contribution in [3.05, 3.63) is 30.3 Å². The molecule has 2 atom stereocenters. The Balaban J connectivity index is -0.000000507. The van der Waals surface area contributed by atoms with Gasteiger partial charge in [-0.1, -0.05) is 18.2 Å². The number of rotatable bonds is 11. The molecule has 0 bridgehead atoms. The largest absolute Gasteiger partial charge is 0.743 e. The minimum Gasteiger partial charge on any atom is -0.743 e. The van der Waals surface area contributed by atoms with Crippen molar-refractivity contribution in [3.8, 4) is 0 Å². The first-order valence-corrected chi connectivity index (χ1v) is 15.0. The second-order valence-electron chi connectivity index (χ2n) is 7.75. The van der Waals surface area contributed by atoms with E-state index >= 15 is 0 Å². The van der Waals surface area contributed by atoms with Crippen LogP contribution in [0.2, 0.25) is 0 Å². The lowest BCUT2D eigenvalue weighted by Gasteiger charge is -2.22. The molecule has 0 aliphatic carbocycles. The van der Waals surface area contributed by atoms with Gasteiger partial charge in [0.1, 0.15) is 18.1 Å². The van der Waals surface area contributed by atoms with Crippen molar-refractivity contribution < 1.29 is 76.2 Å². The number of carbonyl (C=O) groups is 2. The zero-order valence-electron chi connectivity index (χ0n) is 23.2. The van der Waals surface area contributed by atoms with E-state index in [4.69, 9.17) is 0 Å². The van der Waals surface area contributed by atoms with Gasteiger partial charge in [-0.2, -0.15) is 17.6 Å². The van der Waals surface area contributed by atoms with Crippen LogP contribution in [0.1, 0.15) is 34.6 Å². The standard InChI is InChI=1S/C6H15N.C6H6S.2C5H7F3O5S/c1-4-7(5-2)6-3;7-6-4-2-1-3-5-6;2*1-3(9)13-2-4(6)5(7,8)14(10,11)12/h4-6H2,1-3H3;1-5,7H;2*4H,2H2,1H3,(H,10,11,12).